The summed E-state index contributed by atoms with van der Waals surface area (Å²) in [4.78, 5) is 36.0. The van der Waals surface area contributed by atoms with E-state index in [2.05, 4.69) is 35.1 Å². The monoisotopic (exact) mass is 1060 g/mol. The van der Waals surface area contributed by atoms with Gasteiger partial charge in [0.25, 0.3) is 0 Å². The third-order valence-corrected chi connectivity index (χ3v) is 14.7. The van der Waals surface area contributed by atoms with E-state index < -0.39 is 56.7 Å². The summed E-state index contributed by atoms with van der Waals surface area (Å²) in [5, 5.41) is 12.1. The Bertz CT molecular complexity index is 2330. The van der Waals surface area contributed by atoms with Crippen LogP contribution in [0.15, 0.2) is 48.5 Å². The smallest absolute Gasteiger partial charge is 1.00 e. The van der Waals surface area contributed by atoms with Crippen LogP contribution in [-0.2, 0) is 19.0 Å². The fourth-order valence-corrected chi connectivity index (χ4v) is 10.5. The van der Waals surface area contributed by atoms with Gasteiger partial charge in [0.2, 0.25) is 0 Å². The van der Waals surface area contributed by atoms with Crippen LogP contribution in [0.3, 0.4) is 0 Å². The number of para-hydroxylation sites is 2. The van der Waals surface area contributed by atoms with Gasteiger partial charge in [-0.15, -0.1) is 0 Å². The van der Waals surface area contributed by atoms with Crippen molar-refractivity contribution in [1.82, 2.24) is 9.13 Å². The van der Waals surface area contributed by atoms with Gasteiger partial charge in [-0.1, -0.05) is 36.4 Å². The van der Waals surface area contributed by atoms with Crippen molar-refractivity contribution in [2.45, 2.75) is 117 Å². The molecule has 1 N–H and O–H groups in total. The number of carbonyl (C=O) groups is 3. The van der Waals surface area contributed by atoms with E-state index in [0.29, 0.717) is 41.6 Å². The van der Waals surface area contributed by atoms with E-state index in [1.807, 2.05) is 57.2 Å². The zero-order valence-corrected chi connectivity index (χ0v) is 49.4. The summed E-state index contributed by atoms with van der Waals surface area (Å²) in [6, 6.07) is 16.5. The van der Waals surface area contributed by atoms with Crippen molar-refractivity contribution in [1.29, 1.82) is 0 Å². The fraction of sp³-hybridized carbons (Fsp3) is 0.545. The van der Waals surface area contributed by atoms with Crippen molar-refractivity contribution in [2.24, 2.45) is 11.8 Å². The van der Waals surface area contributed by atoms with E-state index in [1.165, 1.54) is 34.1 Å². The predicted molar refractivity (Wildman–Crippen MR) is 338 cm³/mol. The zero-order valence-electron chi connectivity index (χ0n) is 46.4. The van der Waals surface area contributed by atoms with Crippen LogP contribution >= 0.6 is 0 Å². The first kappa shape index (κ1) is 74.7. The van der Waals surface area contributed by atoms with E-state index in [9.17, 15) is 19.5 Å². The van der Waals surface area contributed by atoms with Gasteiger partial charge in [-0.2, -0.15) is 0 Å². The van der Waals surface area contributed by atoms with E-state index in [-0.39, 0.29) is 71.5 Å². The maximum absolute atomic E-state index is 12.3. The molecule has 2 aliphatic carbocycles. The topological polar surface area (TPSA) is 109 Å². The summed E-state index contributed by atoms with van der Waals surface area (Å²) in [5.41, 5.74) is 4.86. The Hall–Kier alpha value is -1.34. The molecule has 0 amide bonds. The molecule has 4 aromatic rings. The number of halogens is 1. The first-order valence-corrected chi connectivity index (χ1v) is 25.4. The molecule has 32 heteroatoms. The molecule has 0 spiro atoms. The molecular formula is C44H61B21BrMgN2O7. The van der Waals surface area contributed by atoms with Gasteiger partial charge in [0.05, 0.1) is 30.9 Å². The summed E-state index contributed by atoms with van der Waals surface area (Å²) in [6.07, 6.45) is 3.98. The largest absolute Gasteiger partial charge is 2.00 e. The van der Waals surface area contributed by atoms with Gasteiger partial charge in [0.1, 0.15) is 5.78 Å². The molecule has 0 unspecified atom stereocenters. The van der Waals surface area contributed by atoms with Gasteiger partial charge >= 0.3 is 35.0 Å². The average Bonchev–Trinajstić information content (AvgIpc) is 4.10. The number of hydrogen-bond acceptors (Lipinski definition) is 7. The molecule has 0 bridgehead atoms. The molecule has 3 fully saturated rings. The molecule has 361 valence electrons. The second-order valence-corrected chi connectivity index (χ2v) is 20.0. The Morgan fingerprint density at radius 1 is 0.684 bits per heavy atom. The van der Waals surface area contributed by atoms with Gasteiger partial charge in [-0.05, 0) is 110 Å². The summed E-state index contributed by atoms with van der Waals surface area (Å²) >= 11 is 0. The number of hydrogen-bond donors (Lipinski definition) is 1. The molecule has 3 aliphatic rings. The predicted octanol–water partition coefficient (Wildman–Crippen LogP) is -1.83. The normalized spacial score (nSPS) is 17.3. The molecule has 2 saturated carbocycles. The molecule has 3 heterocycles. The molecule has 2 aromatic carbocycles. The van der Waals surface area contributed by atoms with Crippen LogP contribution in [0.4, 0.5) is 0 Å². The number of nitrogens with zero attached hydrogens (tertiary/aromatic N) is 2. The maximum atomic E-state index is 12.3. The van der Waals surface area contributed by atoms with Crippen LogP contribution in [0, 0.1) is 33.1 Å². The van der Waals surface area contributed by atoms with E-state index >= 15 is 0 Å². The van der Waals surface area contributed by atoms with Gasteiger partial charge in [0, 0.05) is 222 Å². The molecule has 25 radical (unpaired) electrons. The Labute approximate surface area is 503 Å². The number of benzene rings is 2. The number of aromatic nitrogens is 2. The maximum Gasteiger partial charge on any atom is 2.00 e. The number of carbonyl (C=O) groups excluding carboxylic acids is 3. The van der Waals surface area contributed by atoms with Crippen LogP contribution in [-0.4, -0.2) is 239 Å². The van der Waals surface area contributed by atoms with Crippen molar-refractivity contribution in [3.8, 4) is 0 Å². The Morgan fingerprint density at radius 2 is 1.04 bits per heavy atom. The average molecular weight is 1060 g/mol. The number of esters is 2. The summed E-state index contributed by atoms with van der Waals surface area (Å²) in [6.45, 7) is 12.3. The van der Waals surface area contributed by atoms with E-state index in [1.54, 1.807) is 0 Å². The van der Waals surface area contributed by atoms with Crippen LogP contribution in [0.2, 0.25) is 0 Å². The third kappa shape index (κ3) is 20.9. The van der Waals surface area contributed by atoms with E-state index in [4.69, 9.17) is 107 Å². The quantitative estimate of drug-likeness (QED) is 0.0956. The number of Topliss-reactive ketones (excluding diaryl/α,β-unsaturated/α-hetero) is 1. The van der Waals surface area contributed by atoms with Gasteiger partial charge in [0.15, 0.2) is 0 Å². The number of fused-ring (bicyclic) bond motifs is 2. The van der Waals surface area contributed by atoms with Gasteiger partial charge in [-0.3, -0.25) is 4.79 Å². The van der Waals surface area contributed by atoms with Crippen LogP contribution in [0.1, 0.15) is 129 Å². The number of methoxy groups -OCH3 is 2. The van der Waals surface area contributed by atoms with Crippen molar-refractivity contribution < 1.29 is 50.7 Å². The van der Waals surface area contributed by atoms with E-state index in [0.717, 1.165) is 84.9 Å². The van der Waals surface area contributed by atoms with Gasteiger partial charge < -0.3 is 52.9 Å². The van der Waals surface area contributed by atoms with Crippen molar-refractivity contribution in [3.63, 3.8) is 0 Å². The molecular weight excluding hydrogens is 1000 g/mol. The fourth-order valence-electron chi connectivity index (χ4n) is 10.5. The van der Waals surface area contributed by atoms with Crippen LogP contribution in [0.5, 0.6) is 0 Å². The molecule has 76 heavy (non-hydrogen) atoms. The second kappa shape index (κ2) is 36.2. The van der Waals surface area contributed by atoms with Gasteiger partial charge in [-0.25, -0.2) is 9.59 Å². The second-order valence-electron chi connectivity index (χ2n) is 20.0. The minimum Gasteiger partial charge on any atom is -1.00 e. The van der Waals surface area contributed by atoms with Crippen LogP contribution in [0.25, 0.3) is 21.8 Å². The SMILES string of the molecule is C1CCOC1.COC(=O)c1c(C)n([C@H](C)C2CCC(=O)CC2)c2ccccc12.COC(=O)c1c(C)n([C@H](C)C2CCC(C)(O)CC2)c2ccccc12.[B]B([B])B([B])B(B([B])[B])B(B([B])[B])B([B])[B].[B][B]B([B])[B].[Br-].[CH3-].[Mg+2]. The molecule has 2 aromatic heterocycles. The number of ketones is 1. The Morgan fingerprint density at radius 3 is 1.34 bits per heavy atom. The molecule has 1 saturated heterocycles. The van der Waals surface area contributed by atoms with Crippen LogP contribution < -0.4 is 17.0 Å². The summed E-state index contributed by atoms with van der Waals surface area (Å²) in [7, 11) is 69.0. The minimum atomic E-state index is -0.807. The number of ether oxygens (including phenoxy) is 3. The summed E-state index contributed by atoms with van der Waals surface area (Å²) < 4.78 is 19.5. The first-order valence-electron chi connectivity index (χ1n) is 25.4. The molecule has 2 atom stereocenters. The molecule has 1 aliphatic heterocycles. The van der Waals surface area contributed by atoms with Crippen molar-refractivity contribution >= 4 is 214 Å². The molecule has 7 rings (SSSR count). The Balaban J connectivity index is 0.00000101. The first-order chi connectivity index (χ1) is 34.4. The Kier molecular flexibility index (Phi) is 35.6. The number of aliphatic hydroxyl groups is 1. The minimum absolute atomic E-state index is 0. The molecule has 9 nitrogen and oxygen atoms in total. The standard InChI is InChI=1S/C20H27NO3.C19H23NO3.C4H8O.CH3.B16.B5.BrH.Mg/c1-13(15-9-11-20(3,23)12-10-15)21-14(2)18(19(22)24-4)16-7-5-6-8-17(16)21;1-12(14-8-10-15(21)11-9-14)20-13(2)18(19(22)23-3)16-6-4-5-7-17(16)20;1-2-4-5-3-1;;1-10(2)14(9)16(13(7)8)15(11(3)4)12(5)6;1-4-5(2)3;;/h5-8,13,15,23H,9-12H2,1-4H3;4-7,12,14H,8-11H2,1-3H3;1-4H2;1H3;;;1H;/q;;;-1;;;;+2/p-1/t13-,15?,20?;12-;;;;;;/m11....../s1. The van der Waals surface area contributed by atoms with Crippen molar-refractivity contribution in [2.75, 3.05) is 27.4 Å². The number of rotatable bonds is 13. The van der Waals surface area contributed by atoms with Crippen molar-refractivity contribution in [3.05, 3.63) is 78.5 Å². The zero-order chi connectivity index (χ0) is 54.9. The summed E-state index contributed by atoms with van der Waals surface area (Å²) in [5.74, 6) is 0.778. The third-order valence-electron chi connectivity index (χ3n) is 14.7.